The summed E-state index contributed by atoms with van der Waals surface area (Å²) >= 11 is 0. The van der Waals surface area contributed by atoms with Crippen LogP contribution in [0.1, 0.15) is 44.2 Å². The molecular formula is C22H28N2O4. The Morgan fingerprint density at radius 1 is 1.14 bits per heavy atom. The number of carbonyl (C=O) groups excluding carboxylic acids is 1. The molecule has 1 N–H and O–H groups in total. The third-order valence-electron chi connectivity index (χ3n) is 4.34. The van der Waals surface area contributed by atoms with Crippen molar-refractivity contribution in [2.45, 2.75) is 33.1 Å². The highest BCUT2D eigenvalue weighted by Gasteiger charge is 2.06. The van der Waals surface area contributed by atoms with Gasteiger partial charge in [-0.1, -0.05) is 31.1 Å². The van der Waals surface area contributed by atoms with Crippen LogP contribution in [-0.2, 0) is 9.63 Å². The third-order valence-corrected chi connectivity index (χ3v) is 4.34. The fourth-order valence-electron chi connectivity index (χ4n) is 2.56. The molecule has 0 saturated heterocycles. The van der Waals surface area contributed by atoms with Crippen LogP contribution in [-0.4, -0.2) is 32.4 Å². The van der Waals surface area contributed by atoms with Crippen LogP contribution < -0.4 is 14.8 Å². The highest BCUT2D eigenvalue weighted by molar-refractivity contribution is 5.91. The minimum atomic E-state index is -0.266. The maximum Gasteiger partial charge on any atom is 0.265 e. The second kappa shape index (κ2) is 11.0. The first-order valence-corrected chi connectivity index (χ1v) is 9.43. The van der Waals surface area contributed by atoms with E-state index in [0.717, 1.165) is 17.7 Å². The zero-order chi connectivity index (χ0) is 20.4. The van der Waals surface area contributed by atoms with Gasteiger partial charge in [-0.15, -0.1) is 0 Å². The fourth-order valence-corrected chi connectivity index (χ4v) is 2.56. The minimum absolute atomic E-state index is 0.169. The van der Waals surface area contributed by atoms with Crippen LogP contribution in [0.3, 0.4) is 0 Å². The molecule has 2 aromatic rings. The number of methoxy groups -OCH3 is 1. The highest BCUT2D eigenvalue weighted by Crippen LogP contribution is 2.27. The van der Waals surface area contributed by atoms with Gasteiger partial charge in [0.05, 0.1) is 19.9 Å². The van der Waals surface area contributed by atoms with Crippen molar-refractivity contribution in [3.8, 4) is 11.5 Å². The number of carbonyl (C=O) groups is 1. The first-order chi connectivity index (χ1) is 13.6. The van der Waals surface area contributed by atoms with Crippen molar-refractivity contribution in [3.63, 3.8) is 0 Å². The van der Waals surface area contributed by atoms with Gasteiger partial charge in [-0.25, -0.2) is 0 Å². The fraction of sp³-hybridized carbons (Fsp3) is 0.364. The van der Waals surface area contributed by atoms with E-state index in [0.29, 0.717) is 24.0 Å². The maximum atomic E-state index is 12.0. The molecule has 0 aliphatic rings. The van der Waals surface area contributed by atoms with Gasteiger partial charge < -0.3 is 19.6 Å². The molecule has 6 heteroatoms. The number of anilines is 1. The Morgan fingerprint density at radius 2 is 1.89 bits per heavy atom. The predicted octanol–water partition coefficient (Wildman–Crippen LogP) is 4.60. The van der Waals surface area contributed by atoms with Crippen molar-refractivity contribution < 1.29 is 19.1 Å². The van der Waals surface area contributed by atoms with Crippen molar-refractivity contribution in [3.05, 3.63) is 53.6 Å². The summed E-state index contributed by atoms with van der Waals surface area (Å²) in [6.45, 7) is 6.63. The van der Waals surface area contributed by atoms with Crippen LogP contribution in [0.5, 0.6) is 11.5 Å². The van der Waals surface area contributed by atoms with Crippen LogP contribution in [0.2, 0.25) is 0 Å². The molecule has 0 saturated carbocycles. The predicted molar refractivity (Wildman–Crippen MR) is 111 cm³/mol. The average Bonchev–Trinajstić information content (AvgIpc) is 2.72. The molecule has 2 aromatic carbocycles. The number of hydrogen-bond acceptors (Lipinski definition) is 5. The first-order valence-electron chi connectivity index (χ1n) is 9.43. The van der Waals surface area contributed by atoms with Crippen LogP contribution in [0.4, 0.5) is 5.69 Å². The molecule has 150 valence electrons. The lowest BCUT2D eigenvalue weighted by Gasteiger charge is -2.10. The summed E-state index contributed by atoms with van der Waals surface area (Å²) in [4.78, 5) is 17.1. The second-order valence-corrected chi connectivity index (χ2v) is 6.33. The van der Waals surface area contributed by atoms with E-state index in [1.807, 2.05) is 37.3 Å². The van der Waals surface area contributed by atoms with Crippen LogP contribution in [0.15, 0.2) is 47.6 Å². The molecule has 1 amide bonds. The minimum Gasteiger partial charge on any atom is -0.493 e. The number of nitrogens with one attached hydrogen (secondary N) is 1. The number of oxime groups is 1. The summed E-state index contributed by atoms with van der Waals surface area (Å²) in [5.41, 5.74) is 2.77. The average molecular weight is 384 g/mol. The summed E-state index contributed by atoms with van der Waals surface area (Å²) in [5.74, 6) is 1.52. The number of benzene rings is 2. The Bertz CT molecular complexity index is 788. The molecule has 0 aliphatic carbocycles. The van der Waals surface area contributed by atoms with E-state index in [-0.39, 0.29) is 12.5 Å². The van der Waals surface area contributed by atoms with E-state index < -0.39 is 0 Å². The van der Waals surface area contributed by atoms with Crippen molar-refractivity contribution in [1.82, 2.24) is 0 Å². The quantitative estimate of drug-likeness (QED) is 0.480. The molecule has 0 fully saturated rings. The molecule has 0 unspecified atom stereocenters. The van der Waals surface area contributed by atoms with Crippen molar-refractivity contribution in [2.75, 3.05) is 25.6 Å². The third kappa shape index (κ3) is 6.30. The van der Waals surface area contributed by atoms with E-state index in [9.17, 15) is 4.79 Å². The van der Waals surface area contributed by atoms with Gasteiger partial charge in [0.2, 0.25) is 0 Å². The largest absolute Gasteiger partial charge is 0.493 e. The Hall–Kier alpha value is -3.02. The molecule has 0 aromatic heterocycles. The monoisotopic (exact) mass is 384 g/mol. The molecule has 28 heavy (non-hydrogen) atoms. The summed E-state index contributed by atoms with van der Waals surface area (Å²) in [6, 6.07) is 13.3. The molecule has 6 nitrogen and oxygen atoms in total. The normalized spacial score (nSPS) is 11.9. The summed E-state index contributed by atoms with van der Waals surface area (Å²) in [5, 5.41) is 6.63. The van der Waals surface area contributed by atoms with E-state index in [1.54, 1.807) is 19.2 Å². The highest BCUT2D eigenvalue weighted by atomic mass is 16.6. The van der Waals surface area contributed by atoms with Gasteiger partial charge in [0.15, 0.2) is 18.1 Å². The Kier molecular flexibility index (Phi) is 8.34. The first kappa shape index (κ1) is 21.3. The van der Waals surface area contributed by atoms with E-state index >= 15 is 0 Å². The van der Waals surface area contributed by atoms with Crippen LogP contribution in [0, 0.1) is 0 Å². The zero-order valence-electron chi connectivity index (χ0n) is 16.9. The van der Waals surface area contributed by atoms with E-state index in [4.69, 9.17) is 14.3 Å². The zero-order valence-corrected chi connectivity index (χ0v) is 16.9. The van der Waals surface area contributed by atoms with Gasteiger partial charge in [0.1, 0.15) is 0 Å². The molecule has 0 bridgehead atoms. The van der Waals surface area contributed by atoms with Gasteiger partial charge in [0, 0.05) is 11.3 Å². The topological polar surface area (TPSA) is 69.2 Å². The molecule has 0 radical (unpaired) electrons. The van der Waals surface area contributed by atoms with Crippen molar-refractivity contribution in [1.29, 1.82) is 0 Å². The number of amides is 1. The number of ether oxygens (including phenoxy) is 2. The SMILES string of the molecule is CCOc1ccc(/C=N\OCC(=O)Nc2ccc([C@H](C)CC)cc2)cc1OC. The van der Waals surface area contributed by atoms with Gasteiger partial charge >= 0.3 is 0 Å². The number of rotatable bonds is 10. The summed E-state index contributed by atoms with van der Waals surface area (Å²) < 4.78 is 10.8. The molecule has 1 atom stereocenters. The van der Waals surface area contributed by atoms with E-state index in [2.05, 4.69) is 24.3 Å². The molecule has 0 spiro atoms. The smallest absolute Gasteiger partial charge is 0.265 e. The van der Waals surface area contributed by atoms with Gasteiger partial charge in [-0.2, -0.15) is 0 Å². The van der Waals surface area contributed by atoms with Crippen molar-refractivity contribution in [2.24, 2.45) is 5.16 Å². The molecular weight excluding hydrogens is 356 g/mol. The van der Waals surface area contributed by atoms with Crippen LogP contribution >= 0.6 is 0 Å². The molecule has 2 rings (SSSR count). The Morgan fingerprint density at radius 3 is 2.54 bits per heavy atom. The lowest BCUT2D eigenvalue weighted by Crippen LogP contribution is -2.17. The number of nitrogens with zero attached hydrogens (tertiary/aromatic N) is 1. The van der Waals surface area contributed by atoms with E-state index in [1.165, 1.54) is 11.8 Å². The maximum absolute atomic E-state index is 12.0. The second-order valence-electron chi connectivity index (χ2n) is 6.33. The molecule has 0 aliphatic heterocycles. The van der Waals surface area contributed by atoms with Gasteiger partial charge in [-0.3, -0.25) is 4.79 Å². The summed E-state index contributed by atoms with van der Waals surface area (Å²) in [7, 11) is 1.58. The summed E-state index contributed by atoms with van der Waals surface area (Å²) in [6.07, 6.45) is 2.60. The lowest BCUT2D eigenvalue weighted by molar-refractivity contribution is -0.120. The van der Waals surface area contributed by atoms with Crippen molar-refractivity contribution >= 4 is 17.8 Å². The number of hydrogen-bond donors (Lipinski definition) is 1. The Balaban J connectivity index is 1.83. The molecule has 0 heterocycles. The van der Waals surface area contributed by atoms with Gasteiger partial charge in [-0.05, 0) is 55.2 Å². The standard InChI is InChI=1S/C22H28N2O4/c1-5-16(3)18-8-10-19(11-9-18)24-22(25)15-28-23-14-17-7-12-20(27-6-2)21(13-17)26-4/h7-14,16H,5-6,15H2,1-4H3,(H,24,25)/b23-14-/t16-/m1/s1. The lowest BCUT2D eigenvalue weighted by atomic mass is 9.99. The van der Waals surface area contributed by atoms with Crippen LogP contribution in [0.25, 0.3) is 0 Å². The van der Waals surface area contributed by atoms with Gasteiger partial charge in [0.25, 0.3) is 5.91 Å². The Labute approximate surface area is 166 Å².